The predicted molar refractivity (Wildman–Crippen MR) is 311 cm³/mol. The summed E-state index contributed by atoms with van der Waals surface area (Å²) in [4.78, 5) is 38.1. The maximum atomic E-state index is 12.8. The van der Waals surface area contributed by atoms with Crippen molar-refractivity contribution in [2.75, 3.05) is 13.2 Å². The van der Waals surface area contributed by atoms with Gasteiger partial charge in [-0.2, -0.15) is 0 Å². The molecule has 0 aromatic carbocycles. The highest BCUT2D eigenvalue weighted by Crippen LogP contribution is 2.14. The van der Waals surface area contributed by atoms with E-state index in [9.17, 15) is 14.4 Å². The summed E-state index contributed by atoms with van der Waals surface area (Å²) in [5.41, 5.74) is 0. The van der Waals surface area contributed by atoms with E-state index in [4.69, 9.17) is 14.2 Å². The Labute approximate surface area is 443 Å². The summed E-state index contributed by atoms with van der Waals surface area (Å²) in [5, 5.41) is 0. The molecule has 1 unspecified atom stereocenters. The molecule has 0 radical (unpaired) electrons. The number of hydrogen-bond acceptors (Lipinski definition) is 6. The first-order chi connectivity index (χ1) is 35.5. The van der Waals surface area contributed by atoms with Gasteiger partial charge < -0.3 is 14.2 Å². The fourth-order valence-corrected chi connectivity index (χ4v) is 7.54. The van der Waals surface area contributed by atoms with Crippen molar-refractivity contribution in [1.29, 1.82) is 0 Å². The number of hydrogen-bond donors (Lipinski definition) is 0. The first kappa shape index (κ1) is 67.5. The van der Waals surface area contributed by atoms with Gasteiger partial charge in [-0.25, -0.2) is 0 Å². The zero-order valence-corrected chi connectivity index (χ0v) is 46.4. The van der Waals surface area contributed by atoms with E-state index < -0.39 is 6.10 Å². The third kappa shape index (κ3) is 56.5. The molecule has 0 aromatic rings. The van der Waals surface area contributed by atoms with Crippen LogP contribution < -0.4 is 0 Å². The molecular weight excluding hydrogens is 889 g/mol. The predicted octanol–water partition coefficient (Wildman–Crippen LogP) is 19.8. The third-order valence-electron chi connectivity index (χ3n) is 11.9. The molecule has 0 amide bonds. The molecule has 0 rings (SSSR count). The Morgan fingerprint density at radius 2 is 0.583 bits per heavy atom. The quantitative estimate of drug-likeness (QED) is 0.0261. The number of rotatable bonds is 51. The van der Waals surface area contributed by atoms with Crippen LogP contribution in [0.4, 0.5) is 0 Å². The number of carbonyl (C=O) groups excluding carboxylic acids is 3. The van der Waals surface area contributed by atoms with Crippen LogP contribution in [0.2, 0.25) is 0 Å². The molecule has 0 saturated heterocycles. The van der Waals surface area contributed by atoms with Crippen molar-refractivity contribution in [1.82, 2.24) is 0 Å². The summed E-state index contributed by atoms with van der Waals surface area (Å²) in [6.07, 6.45) is 83.1. The van der Waals surface area contributed by atoms with Gasteiger partial charge in [0.25, 0.3) is 0 Å². The maximum Gasteiger partial charge on any atom is 0.306 e. The fourth-order valence-electron chi connectivity index (χ4n) is 7.54. The number of carbonyl (C=O) groups is 3. The summed E-state index contributed by atoms with van der Waals surface area (Å²) in [5.74, 6) is -0.985. The summed E-state index contributed by atoms with van der Waals surface area (Å²) in [6.45, 7) is 6.39. The molecule has 0 spiro atoms. The Hall–Kier alpha value is -4.45. The van der Waals surface area contributed by atoms with Crippen LogP contribution in [0.3, 0.4) is 0 Å². The zero-order chi connectivity index (χ0) is 52.2. The van der Waals surface area contributed by atoms with Gasteiger partial charge in [0, 0.05) is 19.3 Å². The van der Waals surface area contributed by atoms with E-state index >= 15 is 0 Å². The average molecular weight is 996 g/mol. The van der Waals surface area contributed by atoms with Gasteiger partial charge in [-0.3, -0.25) is 14.4 Å². The van der Waals surface area contributed by atoms with Gasteiger partial charge in [-0.05, 0) is 109 Å². The Morgan fingerprint density at radius 1 is 0.292 bits per heavy atom. The topological polar surface area (TPSA) is 78.9 Å². The average Bonchev–Trinajstić information content (AvgIpc) is 3.38. The van der Waals surface area contributed by atoms with Gasteiger partial charge in [0.2, 0.25) is 0 Å². The molecule has 0 heterocycles. The van der Waals surface area contributed by atoms with Crippen LogP contribution in [0.1, 0.15) is 245 Å². The monoisotopic (exact) mass is 995 g/mol. The normalized spacial score (nSPS) is 13.1. The van der Waals surface area contributed by atoms with Gasteiger partial charge in [0.05, 0.1) is 0 Å². The van der Waals surface area contributed by atoms with Crippen molar-refractivity contribution >= 4 is 17.9 Å². The van der Waals surface area contributed by atoms with Crippen molar-refractivity contribution in [2.45, 2.75) is 252 Å². The Morgan fingerprint density at radius 3 is 0.958 bits per heavy atom. The molecule has 1 atom stereocenters. The number of esters is 3. The van der Waals surface area contributed by atoms with Gasteiger partial charge in [0.15, 0.2) is 6.10 Å². The first-order valence-corrected chi connectivity index (χ1v) is 29.2. The van der Waals surface area contributed by atoms with Crippen molar-refractivity contribution in [3.8, 4) is 0 Å². The van der Waals surface area contributed by atoms with E-state index in [1.165, 1.54) is 64.2 Å². The fraction of sp³-hybridized carbons (Fsp3) is 0.621. The van der Waals surface area contributed by atoms with Gasteiger partial charge in [0.1, 0.15) is 13.2 Å². The van der Waals surface area contributed by atoms with Crippen LogP contribution in [-0.4, -0.2) is 37.2 Å². The highest BCUT2D eigenvalue weighted by atomic mass is 16.6. The summed E-state index contributed by atoms with van der Waals surface area (Å²) in [7, 11) is 0. The largest absolute Gasteiger partial charge is 0.462 e. The molecule has 0 aromatic heterocycles. The minimum absolute atomic E-state index is 0.104. The lowest BCUT2D eigenvalue weighted by Gasteiger charge is -2.18. The Kier molecular flexibility index (Phi) is 55.5. The molecule has 0 aliphatic carbocycles. The SMILES string of the molecule is CC/C=C\C/C=C\C/C=C\C/C=C\C/C=C\C/C=C\C/C=C\C/C=C\C/C=C\CCCC(=O)OCC(COC(=O)CCCCCCCCCCCCCC)OC(=O)CCCCCCC/C=C\C/C=C\CCC. The van der Waals surface area contributed by atoms with E-state index in [0.717, 1.165) is 135 Å². The molecular formula is C66H106O6. The lowest BCUT2D eigenvalue weighted by molar-refractivity contribution is -0.167. The van der Waals surface area contributed by atoms with E-state index in [0.29, 0.717) is 19.3 Å². The smallest absolute Gasteiger partial charge is 0.306 e. The van der Waals surface area contributed by atoms with Crippen molar-refractivity contribution in [2.24, 2.45) is 0 Å². The molecule has 6 nitrogen and oxygen atoms in total. The molecule has 0 N–H and O–H groups in total. The maximum absolute atomic E-state index is 12.8. The van der Waals surface area contributed by atoms with E-state index in [2.05, 4.69) is 154 Å². The lowest BCUT2D eigenvalue weighted by Crippen LogP contribution is -2.30. The van der Waals surface area contributed by atoms with Crippen LogP contribution in [0, 0.1) is 0 Å². The molecule has 0 aliphatic rings. The zero-order valence-electron chi connectivity index (χ0n) is 46.4. The van der Waals surface area contributed by atoms with Gasteiger partial charge >= 0.3 is 17.9 Å². The van der Waals surface area contributed by atoms with Crippen LogP contribution >= 0.6 is 0 Å². The number of ether oxygens (including phenoxy) is 3. The van der Waals surface area contributed by atoms with E-state index in [1.807, 2.05) is 0 Å². The molecule has 6 heteroatoms. The third-order valence-corrected chi connectivity index (χ3v) is 11.9. The second kappa shape index (κ2) is 59.1. The van der Waals surface area contributed by atoms with Crippen LogP contribution in [0.5, 0.6) is 0 Å². The second-order valence-electron chi connectivity index (χ2n) is 18.8. The van der Waals surface area contributed by atoms with Crippen LogP contribution in [0.15, 0.2) is 134 Å². The summed E-state index contributed by atoms with van der Waals surface area (Å²) >= 11 is 0. The minimum atomic E-state index is -0.811. The summed E-state index contributed by atoms with van der Waals surface area (Å²) < 4.78 is 16.8. The van der Waals surface area contributed by atoms with Gasteiger partial charge in [-0.1, -0.05) is 251 Å². The highest BCUT2D eigenvalue weighted by molar-refractivity contribution is 5.71. The standard InChI is InChI=1S/C66H106O6/c1-4-7-10-13-16-19-22-25-26-27-28-29-30-31-32-33-34-35-36-37-38-39-40-42-44-47-50-53-56-59-65(68)71-62-63(61-70-64(67)58-55-52-49-46-43-24-21-18-15-12-9-6-3)72-66(69)60-57-54-51-48-45-41-23-20-17-14-11-8-5-2/h7,10-11,14,16,19-20,23,25-26,28-29,31-32,34-35,37-38,40,42,47,50,63H,4-6,8-9,12-13,15,17-18,21-22,24,27,30,33,36,39,41,43-46,48-49,51-62H2,1-3H3/b10-7-,14-11-,19-16-,23-20-,26-25-,29-28-,32-31-,35-34-,38-37-,42-40-,50-47-. The Balaban J connectivity index is 4.41. The highest BCUT2D eigenvalue weighted by Gasteiger charge is 2.19. The molecule has 0 saturated carbocycles. The number of allylic oxidation sites excluding steroid dienone is 22. The van der Waals surface area contributed by atoms with Crippen LogP contribution in [-0.2, 0) is 28.6 Å². The van der Waals surface area contributed by atoms with Crippen LogP contribution in [0.25, 0.3) is 0 Å². The summed E-state index contributed by atoms with van der Waals surface area (Å²) in [6, 6.07) is 0. The first-order valence-electron chi connectivity index (χ1n) is 29.2. The molecule has 0 fully saturated rings. The van der Waals surface area contributed by atoms with Crippen molar-refractivity contribution < 1.29 is 28.6 Å². The van der Waals surface area contributed by atoms with Crippen molar-refractivity contribution in [3.05, 3.63) is 134 Å². The molecule has 72 heavy (non-hydrogen) atoms. The number of unbranched alkanes of at least 4 members (excludes halogenated alkanes) is 18. The van der Waals surface area contributed by atoms with Crippen molar-refractivity contribution in [3.63, 3.8) is 0 Å². The Bertz CT molecular complexity index is 1560. The second-order valence-corrected chi connectivity index (χ2v) is 18.8. The molecule has 406 valence electrons. The lowest BCUT2D eigenvalue weighted by atomic mass is 10.0. The minimum Gasteiger partial charge on any atom is -0.462 e. The molecule has 0 aliphatic heterocycles. The molecule has 0 bridgehead atoms. The van der Waals surface area contributed by atoms with E-state index in [-0.39, 0.29) is 37.5 Å². The van der Waals surface area contributed by atoms with Gasteiger partial charge in [-0.15, -0.1) is 0 Å². The van der Waals surface area contributed by atoms with E-state index in [1.54, 1.807) is 0 Å².